The Morgan fingerprint density at radius 3 is 2.17 bits per heavy atom. The van der Waals surface area contributed by atoms with E-state index in [1.807, 2.05) is 6.92 Å². The first-order chi connectivity index (χ1) is 13.5. The number of carbonyl (C=O) groups excluding carboxylic acids is 1. The Kier molecular flexibility index (Phi) is 5.93. The maximum absolute atomic E-state index is 12.7. The molecule has 10 heteroatoms. The van der Waals surface area contributed by atoms with Crippen LogP contribution in [0.4, 0.5) is 5.69 Å². The van der Waals surface area contributed by atoms with Crippen LogP contribution in [0.15, 0.2) is 52.3 Å². The first-order valence-corrected chi connectivity index (χ1v) is 12.7. The van der Waals surface area contributed by atoms with E-state index in [9.17, 15) is 21.6 Å². The molecule has 0 aliphatic heterocycles. The van der Waals surface area contributed by atoms with Crippen LogP contribution >= 0.6 is 11.6 Å². The molecule has 0 heterocycles. The molecule has 1 amide bonds. The molecule has 0 saturated heterocycles. The van der Waals surface area contributed by atoms with Crippen molar-refractivity contribution in [1.29, 1.82) is 0 Å². The quantitative estimate of drug-likeness (QED) is 0.665. The molecule has 0 bridgehead atoms. The lowest BCUT2D eigenvalue weighted by Crippen LogP contribution is -2.34. The van der Waals surface area contributed by atoms with E-state index in [0.29, 0.717) is 5.92 Å². The molecule has 29 heavy (non-hydrogen) atoms. The number of anilines is 1. The molecule has 0 aromatic heterocycles. The van der Waals surface area contributed by atoms with Gasteiger partial charge in [-0.25, -0.2) is 16.8 Å². The van der Waals surface area contributed by atoms with E-state index in [1.165, 1.54) is 42.5 Å². The number of halogens is 1. The first kappa shape index (κ1) is 21.6. The van der Waals surface area contributed by atoms with Crippen molar-refractivity contribution in [2.24, 2.45) is 5.92 Å². The fraction of sp³-hybridized carbons (Fsp3) is 0.316. The number of sulfonamides is 1. The summed E-state index contributed by atoms with van der Waals surface area (Å²) in [6.45, 7) is 1.91. The van der Waals surface area contributed by atoms with Gasteiger partial charge in [0.25, 0.3) is 15.9 Å². The maximum atomic E-state index is 12.7. The summed E-state index contributed by atoms with van der Waals surface area (Å²) in [6, 6.07) is 9.22. The second kappa shape index (κ2) is 7.97. The van der Waals surface area contributed by atoms with Gasteiger partial charge < -0.3 is 5.32 Å². The van der Waals surface area contributed by atoms with Crippen LogP contribution in [0.3, 0.4) is 0 Å². The Bertz CT molecular complexity index is 1140. The normalized spacial score (nSPS) is 15.6. The van der Waals surface area contributed by atoms with Gasteiger partial charge in [-0.3, -0.25) is 9.52 Å². The predicted octanol–water partition coefficient (Wildman–Crippen LogP) is 3.07. The van der Waals surface area contributed by atoms with Crippen molar-refractivity contribution in [3.05, 3.63) is 53.1 Å². The highest BCUT2D eigenvalue weighted by Crippen LogP contribution is 2.32. The Labute approximate surface area is 175 Å². The van der Waals surface area contributed by atoms with Crippen LogP contribution in [-0.4, -0.2) is 35.0 Å². The minimum absolute atomic E-state index is 0.00897. The maximum Gasteiger partial charge on any atom is 0.261 e. The third-order valence-electron chi connectivity index (χ3n) is 4.72. The predicted molar refractivity (Wildman–Crippen MR) is 111 cm³/mol. The van der Waals surface area contributed by atoms with Gasteiger partial charge >= 0.3 is 0 Å². The highest BCUT2D eigenvalue weighted by Gasteiger charge is 2.29. The fourth-order valence-electron chi connectivity index (χ4n) is 2.83. The monoisotopic (exact) mass is 456 g/mol. The molecule has 1 aliphatic rings. The zero-order chi connectivity index (χ0) is 21.4. The number of sulfone groups is 1. The van der Waals surface area contributed by atoms with E-state index in [1.54, 1.807) is 0 Å². The van der Waals surface area contributed by atoms with Crippen molar-refractivity contribution in [2.45, 2.75) is 35.6 Å². The molecule has 1 aliphatic carbocycles. The Morgan fingerprint density at radius 1 is 1.03 bits per heavy atom. The summed E-state index contributed by atoms with van der Waals surface area (Å²) in [5, 5.41) is 3.01. The standard InChI is InChI=1S/C19H21ClN2O5S2/c1-12(13-3-4-13)21-19(23)17-11-16(9-10-18(17)20)29(26,27)22-14-5-7-15(8-6-14)28(2,24)25/h5-13,22H,3-4H2,1-2H3,(H,21,23)/t12-/m1/s1. The number of hydrogen-bond donors (Lipinski definition) is 2. The molecule has 0 radical (unpaired) electrons. The molecule has 2 N–H and O–H groups in total. The molecule has 3 rings (SSSR count). The Balaban J connectivity index is 1.82. The smallest absolute Gasteiger partial charge is 0.261 e. The van der Waals surface area contributed by atoms with E-state index < -0.39 is 25.8 Å². The third-order valence-corrected chi connectivity index (χ3v) is 7.55. The molecule has 2 aromatic carbocycles. The minimum atomic E-state index is -4.00. The molecule has 1 atom stereocenters. The van der Waals surface area contributed by atoms with Gasteiger partial charge in [0.05, 0.1) is 20.4 Å². The number of carbonyl (C=O) groups is 1. The van der Waals surface area contributed by atoms with Gasteiger partial charge in [0.15, 0.2) is 9.84 Å². The van der Waals surface area contributed by atoms with Crippen molar-refractivity contribution >= 4 is 43.1 Å². The number of amides is 1. The van der Waals surface area contributed by atoms with Crippen LogP contribution < -0.4 is 10.0 Å². The lowest BCUT2D eigenvalue weighted by molar-refractivity contribution is 0.0935. The lowest BCUT2D eigenvalue weighted by atomic mass is 10.1. The van der Waals surface area contributed by atoms with Crippen molar-refractivity contribution in [3.63, 3.8) is 0 Å². The second-order valence-corrected chi connectivity index (χ2v) is 11.2. The van der Waals surface area contributed by atoms with Gasteiger partial charge in [-0.1, -0.05) is 11.6 Å². The van der Waals surface area contributed by atoms with Crippen LogP contribution in [0, 0.1) is 5.92 Å². The summed E-state index contributed by atoms with van der Waals surface area (Å²) in [5.41, 5.74) is 0.273. The van der Waals surface area contributed by atoms with E-state index in [2.05, 4.69) is 10.0 Å². The van der Waals surface area contributed by atoms with Gasteiger partial charge in [0, 0.05) is 18.0 Å². The molecule has 0 unspecified atom stereocenters. The Hall–Kier alpha value is -2.10. The van der Waals surface area contributed by atoms with Crippen LogP contribution in [-0.2, 0) is 19.9 Å². The SMILES string of the molecule is C[C@@H](NC(=O)c1cc(S(=O)(=O)Nc2ccc(S(C)(=O)=O)cc2)ccc1Cl)C1CC1. The molecule has 1 saturated carbocycles. The average molecular weight is 457 g/mol. The molecule has 7 nitrogen and oxygen atoms in total. The molecule has 0 spiro atoms. The van der Waals surface area contributed by atoms with Crippen LogP contribution in [0.1, 0.15) is 30.1 Å². The summed E-state index contributed by atoms with van der Waals surface area (Å²) in [7, 11) is -7.39. The average Bonchev–Trinajstić information content (AvgIpc) is 3.46. The third kappa shape index (κ3) is 5.29. The van der Waals surface area contributed by atoms with E-state index in [0.717, 1.165) is 19.1 Å². The number of rotatable bonds is 7. The zero-order valence-corrected chi connectivity index (χ0v) is 18.2. The van der Waals surface area contributed by atoms with E-state index in [4.69, 9.17) is 11.6 Å². The largest absolute Gasteiger partial charge is 0.349 e. The van der Waals surface area contributed by atoms with Gasteiger partial charge in [-0.15, -0.1) is 0 Å². The van der Waals surface area contributed by atoms with E-state index in [-0.39, 0.29) is 32.1 Å². The first-order valence-electron chi connectivity index (χ1n) is 8.91. The molecular weight excluding hydrogens is 436 g/mol. The summed E-state index contributed by atoms with van der Waals surface area (Å²) >= 11 is 6.11. The van der Waals surface area contributed by atoms with Crippen molar-refractivity contribution in [3.8, 4) is 0 Å². The summed E-state index contributed by atoms with van der Waals surface area (Å²) in [4.78, 5) is 12.5. The van der Waals surface area contributed by atoms with Crippen molar-refractivity contribution in [1.82, 2.24) is 5.32 Å². The van der Waals surface area contributed by atoms with Gasteiger partial charge in [-0.05, 0) is 68.1 Å². The fourth-order valence-corrected chi connectivity index (χ4v) is 4.75. The zero-order valence-electron chi connectivity index (χ0n) is 15.8. The summed E-state index contributed by atoms with van der Waals surface area (Å²) in [6.07, 6.45) is 3.19. The van der Waals surface area contributed by atoms with Crippen LogP contribution in [0.2, 0.25) is 5.02 Å². The second-order valence-electron chi connectivity index (χ2n) is 7.14. The molecule has 2 aromatic rings. The van der Waals surface area contributed by atoms with Crippen molar-refractivity contribution in [2.75, 3.05) is 11.0 Å². The Morgan fingerprint density at radius 2 is 1.62 bits per heavy atom. The van der Waals surface area contributed by atoms with Crippen molar-refractivity contribution < 1.29 is 21.6 Å². The highest BCUT2D eigenvalue weighted by molar-refractivity contribution is 7.92. The number of hydrogen-bond acceptors (Lipinski definition) is 5. The summed E-state index contributed by atoms with van der Waals surface area (Å²) < 4.78 is 50.8. The van der Waals surface area contributed by atoms with Gasteiger partial charge in [0.1, 0.15) is 0 Å². The number of benzene rings is 2. The van der Waals surface area contributed by atoms with E-state index >= 15 is 0 Å². The molecule has 1 fully saturated rings. The van der Waals surface area contributed by atoms with Gasteiger partial charge in [-0.2, -0.15) is 0 Å². The molecule has 156 valence electrons. The highest BCUT2D eigenvalue weighted by atomic mass is 35.5. The minimum Gasteiger partial charge on any atom is -0.349 e. The molecular formula is C19H21ClN2O5S2. The topological polar surface area (TPSA) is 109 Å². The number of nitrogens with one attached hydrogen (secondary N) is 2. The lowest BCUT2D eigenvalue weighted by Gasteiger charge is -2.15. The van der Waals surface area contributed by atoms with Gasteiger partial charge in [0.2, 0.25) is 0 Å². The summed E-state index contributed by atoms with van der Waals surface area (Å²) in [5.74, 6) is 0.0187. The van der Waals surface area contributed by atoms with Crippen LogP contribution in [0.5, 0.6) is 0 Å². The van der Waals surface area contributed by atoms with Crippen LogP contribution in [0.25, 0.3) is 0 Å².